The molecular formula is C13H16N2O3. The molecule has 1 aromatic carbocycles. The van der Waals surface area contributed by atoms with Gasteiger partial charge in [0, 0.05) is 20.8 Å². The number of imide groups is 1. The lowest BCUT2D eigenvalue weighted by Crippen LogP contribution is -2.51. The van der Waals surface area contributed by atoms with Crippen LogP contribution in [0.25, 0.3) is 0 Å². The molecule has 0 radical (unpaired) electrons. The quantitative estimate of drug-likeness (QED) is 0.710. The van der Waals surface area contributed by atoms with Crippen molar-refractivity contribution >= 4 is 23.4 Å². The Morgan fingerprint density at radius 1 is 0.833 bits per heavy atom. The summed E-state index contributed by atoms with van der Waals surface area (Å²) in [5, 5.41) is 1.90. The number of carbonyl (C=O) groups excluding carboxylic acids is 3. The zero-order valence-corrected chi connectivity index (χ0v) is 10.9. The van der Waals surface area contributed by atoms with Crippen LogP contribution in [0.1, 0.15) is 26.3 Å². The van der Waals surface area contributed by atoms with E-state index in [1.807, 2.05) is 19.1 Å². The number of hydrogen-bond donors (Lipinski definition) is 0. The Kier molecular flexibility index (Phi) is 4.20. The molecule has 0 saturated heterocycles. The van der Waals surface area contributed by atoms with Gasteiger partial charge in [-0.1, -0.05) is 17.7 Å². The van der Waals surface area contributed by atoms with Gasteiger partial charge in [0.05, 0.1) is 5.69 Å². The van der Waals surface area contributed by atoms with Gasteiger partial charge in [0.2, 0.25) is 17.7 Å². The number of benzene rings is 1. The van der Waals surface area contributed by atoms with E-state index < -0.39 is 17.7 Å². The Morgan fingerprint density at radius 2 is 1.28 bits per heavy atom. The molecule has 0 aliphatic rings. The maximum atomic E-state index is 11.7. The van der Waals surface area contributed by atoms with Crippen molar-refractivity contribution in [2.24, 2.45) is 0 Å². The summed E-state index contributed by atoms with van der Waals surface area (Å²) in [5.74, 6) is -1.40. The van der Waals surface area contributed by atoms with Crippen molar-refractivity contribution in [2.45, 2.75) is 27.7 Å². The first-order valence-electron chi connectivity index (χ1n) is 5.53. The van der Waals surface area contributed by atoms with E-state index in [2.05, 4.69) is 0 Å². The Morgan fingerprint density at radius 3 is 1.61 bits per heavy atom. The fraction of sp³-hybridized carbons (Fsp3) is 0.308. The summed E-state index contributed by atoms with van der Waals surface area (Å²) in [6.07, 6.45) is 0. The highest BCUT2D eigenvalue weighted by Crippen LogP contribution is 2.18. The largest absolute Gasteiger partial charge is 0.273 e. The molecule has 0 aliphatic carbocycles. The second-order valence-corrected chi connectivity index (χ2v) is 4.02. The van der Waals surface area contributed by atoms with Gasteiger partial charge in [0.15, 0.2) is 0 Å². The molecule has 0 aromatic heterocycles. The molecular weight excluding hydrogens is 232 g/mol. The lowest BCUT2D eigenvalue weighted by Gasteiger charge is -2.30. The summed E-state index contributed by atoms with van der Waals surface area (Å²) in [6.45, 7) is 5.70. The summed E-state index contributed by atoms with van der Waals surface area (Å²) in [4.78, 5) is 34.6. The van der Waals surface area contributed by atoms with Crippen LogP contribution in [-0.4, -0.2) is 22.7 Å². The Labute approximate surface area is 106 Å². The van der Waals surface area contributed by atoms with Gasteiger partial charge < -0.3 is 0 Å². The minimum Gasteiger partial charge on any atom is -0.273 e. The van der Waals surface area contributed by atoms with Crippen LogP contribution < -0.4 is 5.01 Å². The first-order valence-corrected chi connectivity index (χ1v) is 5.53. The van der Waals surface area contributed by atoms with Crippen LogP contribution in [0.5, 0.6) is 0 Å². The van der Waals surface area contributed by atoms with Crippen molar-refractivity contribution in [3.8, 4) is 0 Å². The number of anilines is 1. The van der Waals surface area contributed by atoms with Gasteiger partial charge in [-0.15, -0.1) is 0 Å². The Bertz CT molecular complexity index is 466. The molecule has 0 aliphatic heterocycles. The third-order valence-corrected chi connectivity index (χ3v) is 2.37. The predicted octanol–water partition coefficient (Wildman–Crippen LogP) is 1.66. The molecule has 3 amide bonds. The Hall–Kier alpha value is -2.17. The highest BCUT2D eigenvalue weighted by atomic mass is 16.2. The van der Waals surface area contributed by atoms with Gasteiger partial charge in [-0.3, -0.25) is 14.4 Å². The van der Waals surface area contributed by atoms with E-state index in [-0.39, 0.29) is 0 Å². The predicted molar refractivity (Wildman–Crippen MR) is 67.5 cm³/mol. The van der Waals surface area contributed by atoms with E-state index in [0.29, 0.717) is 5.69 Å². The lowest BCUT2D eigenvalue weighted by molar-refractivity contribution is -0.146. The SMILES string of the molecule is CC(=O)N(C(C)=O)N(C(C)=O)c1ccc(C)cc1. The maximum absolute atomic E-state index is 11.7. The smallest absolute Gasteiger partial charge is 0.245 e. The molecule has 0 unspecified atom stereocenters. The minimum atomic E-state index is -0.502. The van der Waals surface area contributed by atoms with Crippen molar-refractivity contribution in [1.82, 2.24) is 5.01 Å². The lowest BCUT2D eigenvalue weighted by atomic mass is 10.2. The van der Waals surface area contributed by atoms with Crippen LogP contribution in [-0.2, 0) is 14.4 Å². The second-order valence-electron chi connectivity index (χ2n) is 4.02. The number of nitrogens with zero attached hydrogens (tertiary/aromatic N) is 2. The molecule has 5 heteroatoms. The molecule has 0 atom stereocenters. The number of rotatable bonds is 1. The number of carbonyl (C=O) groups is 3. The first kappa shape index (κ1) is 13.9. The summed E-state index contributed by atoms with van der Waals surface area (Å²) < 4.78 is 0. The summed E-state index contributed by atoms with van der Waals surface area (Å²) >= 11 is 0. The topological polar surface area (TPSA) is 57.7 Å². The van der Waals surface area contributed by atoms with Crippen LogP contribution in [0.2, 0.25) is 0 Å². The molecule has 1 aromatic rings. The highest BCUT2D eigenvalue weighted by Gasteiger charge is 2.26. The highest BCUT2D eigenvalue weighted by molar-refractivity contribution is 6.03. The van der Waals surface area contributed by atoms with Crippen LogP contribution in [0.4, 0.5) is 5.69 Å². The summed E-state index contributed by atoms with van der Waals surface area (Å²) in [7, 11) is 0. The molecule has 0 fully saturated rings. The molecule has 1 rings (SSSR count). The average Bonchev–Trinajstić information content (AvgIpc) is 2.25. The fourth-order valence-corrected chi connectivity index (χ4v) is 1.63. The van der Waals surface area contributed by atoms with Crippen LogP contribution in [0.15, 0.2) is 24.3 Å². The normalized spacial score (nSPS) is 9.78. The fourth-order valence-electron chi connectivity index (χ4n) is 1.63. The van der Waals surface area contributed by atoms with Gasteiger partial charge in [-0.05, 0) is 19.1 Å². The van der Waals surface area contributed by atoms with Gasteiger partial charge in [0.1, 0.15) is 0 Å². The molecule has 0 bridgehead atoms. The zero-order chi connectivity index (χ0) is 13.9. The van der Waals surface area contributed by atoms with Gasteiger partial charge >= 0.3 is 0 Å². The van der Waals surface area contributed by atoms with Gasteiger partial charge in [-0.2, -0.15) is 5.01 Å². The van der Waals surface area contributed by atoms with E-state index >= 15 is 0 Å². The minimum absolute atomic E-state index is 0.399. The van der Waals surface area contributed by atoms with Crippen LogP contribution in [0, 0.1) is 6.92 Å². The third-order valence-electron chi connectivity index (χ3n) is 2.37. The standard InChI is InChI=1S/C13H16N2O3/c1-9-5-7-13(8-6-9)15(12(4)18)14(10(2)16)11(3)17/h5-8H,1-4H3. The van der Waals surface area contributed by atoms with Crippen LogP contribution >= 0.6 is 0 Å². The van der Waals surface area contributed by atoms with Crippen LogP contribution in [0.3, 0.4) is 0 Å². The van der Waals surface area contributed by atoms with Crippen molar-refractivity contribution in [3.05, 3.63) is 29.8 Å². The van der Waals surface area contributed by atoms with Gasteiger partial charge in [-0.25, -0.2) is 5.01 Å². The molecule has 0 heterocycles. The zero-order valence-electron chi connectivity index (χ0n) is 10.9. The number of hydrazine groups is 1. The molecule has 0 saturated carbocycles. The van der Waals surface area contributed by atoms with Crippen molar-refractivity contribution in [1.29, 1.82) is 0 Å². The average molecular weight is 248 g/mol. The summed E-state index contributed by atoms with van der Waals surface area (Å²) in [5.41, 5.74) is 1.51. The van der Waals surface area contributed by atoms with E-state index in [1.54, 1.807) is 12.1 Å². The molecule has 96 valence electrons. The molecule has 0 spiro atoms. The molecule has 5 nitrogen and oxygen atoms in total. The van der Waals surface area contributed by atoms with E-state index in [4.69, 9.17) is 0 Å². The second kappa shape index (κ2) is 5.44. The number of hydrogen-bond acceptors (Lipinski definition) is 3. The van der Waals surface area contributed by atoms with Crippen molar-refractivity contribution in [2.75, 3.05) is 5.01 Å². The monoisotopic (exact) mass is 248 g/mol. The Balaban J connectivity index is 3.24. The van der Waals surface area contributed by atoms with E-state index in [1.165, 1.54) is 20.8 Å². The maximum Gasteiger partial charge on any atom is 0.245 e. The summed E-state index contributed by atoms with van der Waals surface area (Å²) in [6, 6.07) is 7.00. The van der Waals surface area contributed by atoms with Gasteiger partial charge in [0.25, 0.3) is 0 Å². The van der Waals surface area contributed by atoms with E-state index in [0.717, 1.165) is 15.6 Å². The van der Waals surface area contributed by atoms with Crippen molar-refractivity contribution < 1.29 is 14.4 Å². The molecule has 18 heavy (non-hydrogen) atoms. The molecule has 0 N–H and O–H groups in total. The number of amides is 3. The van der Waals surface area contributed by atoms with Crippen molar-refractivity contribution in [3.63, 3.8) is 0 Å². The van der Waals surface area contributed by atoms with E-state index in [9.17, 15) is 14.4 Å². The first-order chi connectivity index (χ1) is 8.34. The third kappa shape index (κ3) is 2.94. The number of aryl methyl sites for hydroxylation is 1.